The van der Waals surface area contributed by atoms with Gasteiger partial charge in [-0.15, -0.1) is 0 Å². The fourth-order valence-electron chi connectivity index (χ4n) is 12.2. The minimum Gasteiger partial charge on any atom is -0.480 e. The fourth-order valence-corrected chi connectivity index (χ4v) is 12.2. The van der Waals surface area contributed by atoms with E-state index in [0.29, 0.717) is 221 Å². The number of methoxy groups -OCH3 is 2. The number of hydrogen-bond donors (Lipinski definition) is 14. The predicted octanol–water partition coefficient (Wildman–Crippen LogP) is -7.07. The van der Waals surface area contributed by atoms with Gasteiger partial charge < -0.3 is 169 Å². The van der Waals surface area contributed by atoms with Crippen LogP contribution < -0.4 is 63.8 Å². The Morgan fingerprint density at radius 2 is 0.444 bits per heavy atom. The van der Waals surface area contributed by atoms with Gasteiger partial charge in [0.15, 0.2) is 0 Å². The number of carboxylic acid groups (broad SMARTS) is 2. The van der Waals surface area contributed by atoms with Gasteiger partial charge in [0.05, 0.1) is 251 Å². The number of imide groups is 2. The van der Waals surface area contributed by atoms with Crippen LogP contribution in [-0.2, 0) is 181 Å². The van der Waals surface area contributed by atoms with Crippen LogP contribution in [0.25, 0.3) is 0 Å². The first-order valence-electron chi connectivity index (χ1n) is 48.1. The predicted molar refractivity (Wildman–Crippen MR) is 502 cm³/mol. The average Bonchev–Trinajstić information content (AvgIpc) is 1.60. The van der Waals surface area contributed by atoms with Gasteiger partial charge in [0, 0.05) is 103 Å². The third-order valence-electron chi connectivity index (χ3n) is 19.4. The van der Waals surface area contributed by atoms with Crippen molar-refractivity contribution in [2.24, 2.45) is 0 Å². The lowest BCUT2D eigenvalue weighted by molar-refractivity contribution is -0.156. The molecule has 0 aliphatic carbocycles. The molecule has 0 radical (unpaired) electrons. The summed E-state index contributed by atoms with van der Waals surface area (Å²) in [7, 11) is 3.22. The first-order valence-corrected chi connectivity index (χ1v) is 48.1. The molecular weight excluding hydrogens is 1920 g/mol. The molecule has 0 saturated heterocycles. The van der Waals surface area contributed by atoms with Crippen molar-refractivity contribution in [2.45, 2.75) is 114 Å². The highest BCUT2D eigenvalue weighted by Gasteiger charge is 2.50. The maximum Gasteiger partial charge on any atom is 0.322 e. The molecule has 2 heterocycles. The molecule has 0 aromatic rings. The van der Waals surface area contributed by atoms with Gasteiger partial charge in [0.2, 0.25) is 70.9 Å². The molecule has 0 fully saturated rings. The molecule has 0 spiro atoms. The molecule has 0 aromatic heterocycles. The zero-order valence-corrected chi connectivity index (χ0v) is 82.8. The van der Waals surface area contributed by atoms with Crippen molar-refractivity contribution in [2.75, 3.05) is 331 Å². The molecule has 0 bridgehead atoms. The Labute approximate surface area is 837 Å². The minimum absolute atomic E-state index is 0.0200. The summed E-state index contributed by atoms with van der Waals surface area (Å²) in [5.74, 6) is -15.9. The van der Waals surface area contributed by atoms with E-state index in [1.807, 2.05) is 0 Å². The number of carbonyl (C=O) groups is 18. The molecule has 54 nitrogen and oxygen atoms in total. The molecule has 822 valence electrons. The summed E-state index contributed by atoms with van der Waals surface area (Å²) in [4.78, 5) is 234. The van der Waals surface area contributed by atoms with E-state index in [0.717, 1.165) is 24.3 Å². The van der Waals surface area contributed by atoms with Crippen LogP contribution in [0, 0.1) is 0 Å². The number of nitrogens with zero attached hydrogens (tertiary/aromatic N) is 2. The van der Waals surface area contributed by atoms with E-state index in [2.05, 4.69) is 63.8 Å². The maximum atomic E-state index is 14.5. The first-order chi connectivity index (χ1) is 69.9. The van der Waals surface area contributed by atoms with Crippen molar-refractivity contribution in [1.29, 1.82) is 0 Å². The Bertz CT molecular complexity index is 3440. The van der Waals surface area contributed by atoms with Crippen LogP contribution in [0.4, 0.5) is 0 Å². The van der Waals surface area contributed by atoms with Gasteiger partial charge in [-0.05, 0) is 64.2 Å². The number of ether oxygens (including phenoxy) is 20. The van der Waals surface area contributed by atoms with Crippen molar-refractivity contribution in [3.05, 3.63) is 24.3 Å². The highest BCUT2D eigenvalue weighted by atomic mass is 16.6. The molecule has 2 aliphatic heterocycles. The van der Waals surface area contributed by atoms with Crippen molar-refractivity contribution in [3.63, 3.8) is 0 Å². The van der Waals surface area contributed by atoms with E-state index >= 15 is 0 Å². The quantitative estimate of drug-likeness (QED) is 0.0199. The number of aliphatic carboxylic acids is 2. The Balaban J connectivity index is 1.94. The standard InChI is InChI=1S/C90H152N14O40/c1-125-27-29-127-31-33-129-35-37-131-39-41-133-43-45-135-47-49-137-51-53-139-55-57-141-59-61-143-67-77(111)91-21-5-3-11-69(87(121)93-23-7-13-71(105)97-63-75(109)99-65-83(117)118)101-73(107)15-9-25-95-89(123)85(103-79(113)17-18-80(103)114)86(104-81(115)19-20-82(104)116)90(124)96-26-10-16-74(108)102-70(88(122)94-24-8-14-72(106)98-64-76(110)100-66-84(119)120)12-4-6-22-92-78(112)68-144-62-60-142-58-56-140-54-52-138-50-48-136-46-44-134-42-40-132-38-36-130-34-32-128-30-28-126-2/h17-20,69-70,85-86H,3-16,21-68H2,1-2H3,(H,91,111)(H,92,112)(H,93,121)(H,94,122)(H,95,123)(H,96,124)(H,97,105)(H,98,106)(H,99,109)(H,100,110)(H,101,107)(H,102,108)(H,117,118)(H,119,120)/t69-,70-,85-,86-/m0/s1. The monoisotopic (exact) mass is 2070 g/mol. The first kappa shape index (κ1) is 130. The van der Waals surface area contributed by atoms with Gasteiger partial charge in [-0.3, -0.25) is 96.1 Å². The van der Waals surface area contributed by atoms with Gasteiger partial charge in [0.1, 0.15) is 50.5 Å². The Hall–Kier alpha value is -10.5. The zero-order valence-electron chi connectivity index (χ0n) is 82.8. The Morgan fingerprint density at radius 1 is 0.236 bits per heavy atom. The average molecular weight is 2070 g/mol. The number of unbranched alkanes of at least 4 members (excludes halogenated alkanes) is 2. The molecule has 14 N–H and O–H groups in total. The van der Waals surface area contributed by atoms with E-state index in [1.54, 1.807) is 14.2 Å². The summed E-state index contributed by atoms with van der Waals surface area (Å²) in [6, 6.07) is -6.92. The molecule has 144 heavy (non-hydrogen) atoms. The number of amides is 16. The second kappa shape index (κ2) is 90.1. The van der Waals surface area contributed by atoms with Gasteiger partial charge in [0.25, 0.3) is 23.6 Å². The van der Waals surface area contributed by atoms with Crippen LogP contribution in [0.5, 0.6) is 0 Å². The minimum atomic E-state index is -2.25. The second-order valence-electron chi connectivity index (χ2n) is 30.9. The van der Waals surface area contributed by atoms with Crippen LogP contribution >= 0.6 is 0 Å². The molecule has 0 saturated carbocycles. The molecule has 4 atom stereocenters. The number of carbonyl (C=O) groups excluding carboxylic acids is 16. The third kappa shape index (κ3) is 72.7. The number of rotatable bonds is 101. The largest absolute Gasteiger partial charge is 0.480 e. The van der Waals surface area contributed by atoms with Crippen LogP contribution in [0.3, 0.4) is 0 Å². The molecule has 2 rings (SSSR count). The summed E-state index contributed by atoms with van der Waals surface area (Å²) >= 11 is 0. The fraction of sp³-hybridized carbons (Fsp3) is 0.756. The summed E-state index contributed by atoms with van der Waals surface area (Å²) < 4.78 is 108. The normalized spacial score (nSPS) is 13.0. The maximum absolute atomic E-state index is 14.5. The molecule has 2 aliphatic rings. The van der Waals surface area contributed by atoms with E-state index in [-0.39, 0.29) is 143 Å². The summed E-state index contributed by atoms with van der Waals surface area (Å²) in [5.41, 5.74) is 0. The third-order valence-corrected chi connectivity index (χ3v) is 19.4. The molecule has 16 amide bonds. The van der Waals surface area contributed by atoms with Crippen molar-refractivity contribution < 1.29 is 191 Å². The smallest absolute Gasteiger partial charge is 0.322 e. The van der Waals surface area contributed by atoms with Crippen LogP contribution in [0.1, 0.15) is 89.9 Å². The van der Waals surface area contributed by atoms with Crippen LogP contribution in [0.15, 0.2) is 24.3 Å². The molecular formula is C90H152N14O40. The zero-order chi connectivity index (χ0) is 105. The van der Waals surface area contributed by atoms with E-state index in [9.17, 15) is 86.3 Å². The van der Waals surface area contributed by atoms with E-state index < -0.39 is 183 Å². The highest BCUT2D eigenvalue weighted by molar-refractivity contribution is 6.19. The molecule has 54 heteroatoms. The highest BCUT2D eigenvalue weighted by Crippen LogP contribution is 2.22. The van der Waals surface area contributed by atoms with Crippen LogP contribution in [-0.4, -0.2) is 481 Å². The number of hydrogen-bond acceptors (Lipinski definition) is 38. The van der Waals surface area contributed by atoms with Crippen molar-refractivity contribution >= 4 is 106 Å². The number of nitrogens with one attached hydrogen (secondary N) is 12. The van der Waals surface area contributed by atoms with Crippen molar-refractivity contribution in [1.82, 2.24) is 73.6 Å². The van der Waals surface area contributed by atoms with E-state index in [1.165, 1.54) is 0 Å². The van der Waals surface area contributed by atoms with Gasteiger partial charge in [-0.1, -0.05) is 0 Å². The van der Waals surface area contributed by atoms with Crippen LogP contribution in [0.2, 0.25) is 0 Å². The summed E-state index contributed by atoms with van der Waals surface area (Å²) in [6.07, 6.45) is 2.91. The lowest BCUT2D eigenvalue weighted by Crippen LogP contribution is -2.66. The van der Waals surface area contributed by atoms with Crippen molar-refractivity contribution in [3.8, 4) is 0 Å². The SMILES string of the molecule is COCCOCCOCCOCCOCCOCCOCCOCCOCCOCC(=O)NCCCC[C@H](NC(=O)CCCNC(=O)[C@H]([C@@H](C(=O)NCCCC(=O)N[C@@H](CCCCNC(=O)COCCOCCOCCOCCOCCOCCOCCOCCOCCOC)C(=O)NCCCC(=O)NCC(=O)NCC(=O)O)N1C(=O)C=CC1=O)N1C(=O)C=CC1=O)C(=O)NCCCC(=O)NCC(=O)NCC(=O)O. The van der Waals surface area contributed by atoms with E-state index in [4.69, 9.17) is 105 Å². The molecule has 0 aromatic carbocycles. The number of carboxylic acids is 2. The lowest BCUT2D eigenvalue weighted by Gasteiger charge is -2.35. The van der Waals surface area contributed by atoms with Gasteiger partial charge in [-0.2, -0.15) is 0 Å². The Kier molecular flexibility index (Phi) is 81.1. The second-order valence-corrected chi connectivity index (χ2v) is 30.9. The topological polar surface area (TPSA) is 683 Å². The lowest BCUT2D eigenvalue weighted by atomic mass is 10.0. The summed E-state index contributed by atoms with van der Waals surface area (Å²) in [6.45, 7) is 10.1. The van der Waals surface area contributed by atoms with Gasteiger partial charge in [-0.25, -0.2) is 0 Å². The summed E-state index contributed by atoms with van der Waals surface area (Å²) in [5, 5.41) is 47.3. The Morgan fingerprint density at radius 3 is 0.681 bits per heavy atom. The van der Waals surface area contributed by atoms with Gasteiger partial charge >= 0.3 is 11.9 Å². The molecule has 0 unspecified atom stereocenters.